The molecule has 0 aromatic heterocycles. The van der Waals surface area contributed by atoms with Crippen LogP contribution in [0.1, 0.15) is 13.8 Å². The predicted molar refractivity (Wildman–Crippen MR) is 30.8 cm³/mol. The van der Waals surface area contributed by atoms with Crippen LogP contribution in [0.25, 0.3) is 0 Å². The molecular weight excluding hydrogens is 147 g/mol. The standard InChI is InChI=1S/C4H9FO3S/c1-4(2)3-9(6,7)8-5/h4H,3H2,1-2H3. The Labute approximate surface area is 53.8 Å². The minimum absolute atomic E-state index is 0.106. The topological polar surface area (TPSA) is 43.4 Å². The minimum Gasteiger partial charge on any atom is -0.197 e. The normalized spacial score (nSPS) is 12.4. The van der Waals surface area contributed by atoms with Gasteiger partial charge in [-0.3, -0.25) is 0 Å². The van der Waals surface area contributed by atoms with Crippen molar-refractivity contribution < 1.29 is 17.3 Å². The van der Waals surface area contributed by atoms with Gasteiger partial charge in [-0.1, -0.05) is 18.2 Å². The Hall–Kier alpha value is -0.160. The van der Waals surface area contributed by atoms with Crippen molar-refractivity contribution in [2.75, 3.05) is 5.75 Å². The van der Waals surface area contributed by atoms with Crippen molar-refractivity contribution in [3.63, 3.8) is 0 Å². The van der Waals surface area contributed by atoms with Crippen LogP contribution >= 0.6 is 0 Å². The summed E-state index contributed by atoms with van der Waals surface area (Å²) in [5.74, 6) is -0.380. The maximum atomic E-state index is 11.0. The molecule has 3 nitrogen and oxygen atoms in total. The summed E-state index contributed by atoms with van der Waals surface area (Å²) in [6.45, 7) is 3.33. The lowest BCUT2D eigenvalue weighted by molar-refractivity contribution is 0.00250. The van der Waals surface area contributed by atoms with E-state index in [1.54, 1.807) is 13.8 Å². The molecule has 0 bridgehead atoms. The monoisotopic (exact) mass is 156 g/mol. The van der Waals surface area contributed by atoms with E-state index in [1.165, 1.54) is 0 Å². The highest BCUT2D eigenvalue weighted by Gasteiger charge is 2.13. The first-order chi connectivity index (χ1) is 3.98. The van der Waals surface area contributed by atoms with E-state index in [9.17, 15) is 12.9 Å². The highest BCUT2D eigenvalue weighted by atomic mass is 32.2. The largest absolute Gasteiger partial charge is 0.298 e. The molecule has 0 aromatic carbocycles. The molecule has 0 aromatic rings. The summed E-state index contributed by atoms with van der Waals surface area (Å²) in [5.41, 5.74) is 0. The van der Waals surface area contributed by atoms with E-state index in [2.05, 4.69) is 4.39 Å². The fraction of sp³-hybridized carbons (Fsp3) is 1.00. The van der Waals surface area contributed by atoms with Gasteiger partial charge in [0.25, 0.3) is 10.1 Å². The van der Waals surface area contributed by atoms with Gasteiger partial charge < -0.3 is 0 Å². The third kappa shape index (κ3) is 4.35. The van der Waals surface area contributed by atoms with Gasteiger partial charge in [0.2, 0.25) is 0 Å². The van der Waals surface area contributed by atoms with Crippen molar-refractivity contribution in [1.82, 2.24) is 0 Å². The Bertz CT molecular complexity index is 161. The molecule has 0 radical (unpaired) electrons. The Morgan fingerprint density at radius 1 is 1.56 bits per heavy atom. The molecule has 0 unspecified atom stereocenters. The lowest BCUT2D eigenvalue weighted by Gasteiger charge is -1.99. The maximum Gasteiger partial charge on any atom is 0.298 e. The van der Waals surface area contributed by atoms with Crippen LogP contribution in [0, 0.1) is 5.92 Å². The zero-order valence-corrected chi connectivity index (χ0v) is 6.11. The van der Waals surface area contributed by atoms with E-state index >= 15 is 0 Å². The quantitative estimate of drug-likeness (QED) is 0.609. The van der Waals surface area contributed by atoms with Crippen molar-refractivity contribution in [3.8, 4) is 0 Å². The maximum absolute atomic E-state index is 11.0. The van der Waals surface area contributed by atoms with Gasteiger partial charge in [-0.15, -0.1) is 0 Å². The molecule has 0 heterocycles. The molecule has 0 saturated carbocycles. The van der Waals surface area contributed by atoms with Gasteiger partial charge in [0.15, 0.2) is 0 Å². The second-order valence-electron chi connectivity index (χ2n) is 2.18. The van der Waals surface area contributed by atoms with Crippen molar-refractivity contribution >= 4 is 10.1 Å². The van der Waals surface area contributed by atoms with Crippen LogP contribution in [-0.2, 0) is 14.5 Å². The number of halogens is 1. The Balaban J connectivity index is 3.90. The highest BCUT2D eigenvalue weighted by Crippen LogP contribution is 2.01. The number of hydrogen-bond donors (Lipinski definition) is 0. The first kappa shape index (κ1) is 8.84. The summed E-state index contributed by atoms with van der Waals surface area (Å²) in [6.07, 6.45) is 0. The van der Waals surface area contributed by atoms with Gasteiger partial charge in [0.05, 0.1) is 5.75 Å². The molecule has 0 saturated heterocycles. The van der Waals surface area contributed by atoms with Crippen molar-refractivity contribution in [1.29, 1.82) is 0 Å². The second-order valence-corrected chi connectivity index (χ2v) is 3.76. The van der Waals surface area contributed by atoms with Crippen molar-refractivity contribution in [3.05, 3.63) is 0 Å². The first-order valence-corrected chi connectivity index (χ1v) is 4.08. The number of hydrogen-bond acceptors (Lipinski definition) is 3. The van der Waals surface area contributed by atoms with E-state index in [4.69, 9.17) is 0 Å². The molecule has 0 atom stereocenters. The molecule has 0 amide bonds. The Kier molecular flexibility index (Phi) is 3.07. The smallest absolute Gasteiger partial charge is 0.197 e. The molecule has 0 aliphatic carbocycles. The summed E-state index contributed by atoms with van der Waals surface area (Å²) in [5, 5.41) is 0. The molecule has 9 heavy (non-hydrogen) atoms. The SMILES string of the molecule is CC(C)CS(=O)(=O)OF. The van der Waals surface area contributed by atoms with Crippen LogP contribution in [0.15, 0.2) is 0 Å². The zero-order chi connectivity index (χ0) is 7.49. The van der Waals surface area contributed by atoms with E-state index in [0.29, 0.717) is 0 Å². The van der Waals surface area contributed by atoms with Gasteiger partial charge in [0, 0.05) is 0 Å². The molecule has 5 heteroatoms. The molecule has 0 N–H and O–H groups in total. The van der Waals surface area contributed by atoms with E-state index < -0.39 is 10.1 Å². The summed E-state index contributed by atoms with van der Waals surface area (Å²) >= 11 is 0. The lowest BCUT2D eigenvalue weighted by Crippen LogP contribution is -2.10. The summed E-state index contributed by atoms with van der Waals surface area (Å²) in [7, 11) is -3.89. The van der Waals surface area contributed by atoms with E-state index in [0.717, 1.165) is 0 Å². The van der Waals surface area contributed by atoms with Crippen LogP contribution in [0.5, 0.6) is 0 Å². The summed E-state index contributed by atoms with van der Waals surface area (Å²) < 4.78 is 34.2. The third-order valence-electron chi connectivity index (χ3n) is 0.633. The molecule has 0 spiro atoms. The predicted octanol–water partition coefficient (Wildman–Crippen LogP) is 0.873. The number of rotatable bonds is 3. The molecular formula is C4H9FO3S. The van der Waals surface area contributed by atoms with Gasteiger partial charge in [-0.2, -0.15) is 8.42 Å². The molecule has 0 rings (SSSR count). The van der Waals surface area contributed by atoms with Crippen LogP contribution in [0.4, 0.5) is 4.53 Å². The molecule has 0 aliphatic rings. The third-order valence-corrected chi connectivity index (χ3v) is 1.90. The average Bonchev–Trinajstić information content (AvgIpc) is 1.63. The van der Waals surface area contributed by atoms with Crippen LogP contribution in [0.3, 0.4) is 0 Å². The van der Waals surface area contributed by atoms with Crippen LogP contribution in [0.2, 0.25) is 0 Å². The first-order valence-electron chi connectivity index (χ1n) is 2.51. The fourth-order valence-electron chi connectivity index (χ4n) is 0.434. The van der Waals surface area contributed by atoms with Crippen molar-refractivity contribution in [2.24, 2.45) is 5.92 Å². The van der Waals surface area contributed by atoms with E-state index in [1.807, 2.05) is 0 Å². The second kappa shape index (κ2) is 3.12. The van der Waals surface area contributed by atoms with Gasteiger partial charge in [-0.25, -0.2) is 0 Å². The van der Waals surface area contributed by atoms with Gasteiger partial charge in [-0.05, 0) is 10.4 Å². The Morgan fingerprint density at radius 2 is 2.00 bits per heavy atom. The van der Waals surface area contributed by atoms with Crippen molar-refractivity contribution in [2.45, 2.75) is 13.8 Å². The van der Waals surface area contributed by atoms with E-state index in [-0.39, 0.29) is 11.7 Å². The molecule has 0 fully saturated rings. The molecule has 0 aliphatic heterocycles. The lowest BCUT2D eigenvalue weighted by atomic mass is 10.3. The van der Waals surface area contributed by atoms with Gasteiger partial charge in [0.1, 0.15) is 0 Å². The fourth-order valence-corrected chi connectivity index (χ4v) is 1.30. The van der Waals surface area contributed by atoms with Crippen LogP contribution in [-0.4, -0.2) is 14.2 Å². The highest BCUT2D eigenvalue weighted by molar-refractivity contribution is 7.86. The summed E-state index contributed by atoms with van der Waals surface area (Å²) in [6, 6.07) is 0. The summed E-state index contributed by atoms with van der Waals surface area (Å²) in [4.78, 5) is 0. The zero-order valence-electron chi connectivity index (χ0n) is 5.30. The Morgan fingerprint density at radius 3 is 2.11 bits per heavy atom. The molecule has 56 valence electrons. The van der Waals surface area contributed by atoms with Gasteiger partial charge >= 0.3 is 0 Å². The minimum atomic E-state index is -3.89. The average molecular weight is 156 g/mol. The van der Waals surface area contributed by atoms with Crippen LogP contribution < -0.4 is 0 Å².